The summed E-state index contributed by atoms with van der Waals surface area (Å²) in [5.74, 6) is 0. The first kappa shape index (κ1) is 39.8. The van der Waals surface area contributed by atoms with Crippen LogP contribution in [0.15, 0.2) is 267 Å². The maximum atomic E-state index is 2.49. The molecule has 2 aliphatic carbocycles. The third-order valence-corrected chi connectivity index (χ3v) is 15.0. The summed E-state index contributed by atoms with van der Waals surface area (Å²) in [4.78, 5) is 2.49. The predicted octanol–water partition coefficient (Wildman–Crippen LogP) is 17.3. The van der Waals surface area contributed by atoms with Crippen molar-refractivity contribution in [2.75, 3.05) is 4.90 Å². The third-order valence-electron chi connectivity index (χ3n) is 15.0. The van der Waals surface area contributed by atoms with Crippen molar-refractivity contribution in [2.24, 2.45) is 0 Å². The molecule has 11 aromatic rings. The monoisotopic (exact) mass is 865 g/mol. The van der Waals surface area contributed by atoms with E-state index in [1.165, 1.54) is 88.7 Å². The van der Waals surface area contributed by atoms with Crippen LogP contribution in [0.3, 0.4) is 0 Å². The topological polar surface area (TPSA) is 3.24 Å². The summed E-state index contributed by atoms with van der Waals surface area (Å²) in [6.07, 6.45) is 0. The van der Waals surface area contributed by atoms with E-state index in [1.54, 1.807) is 0 Å². The van der Waals surface area contributed by atoms with Crippen molar-refractivity contribution in [3.05, 3.63) is 306 Å². The Balaban J connectivity index is 1.03. The number of fused-ring (bicyclic) bond motifs is 7. The second-order valence-corrected chi connectivity index (χ2v) is 18.5. The van der Waals surface area contributed by atoms with Crippen molar-refractivity contribution in [3.63, 3.8) is 0 Å². The summed E-state index contributed by atoms with van der Waals surface area (Å²) >= 11 is 0. The van der Waals surface area contributed by atoms with Crippen molar-refractivity contribution in [3.8, 4) is 44.5 Å². The lowest BCUT2D eigenvalue weighted by molar-refractivity contribution is 0.714. The molecule has 1 heteroatoms. The van der Waals surface area contributed by atoms with Gasteiger partial charge in [-0.05, 0) is 132 Å². The lowest BCUT2D eigenvalue weighted by Crippen LogP contribution is -2.28. The second-order valence-electron chi connectivity index (χ2n) is 18.5. The van der Waals surface area contributed by atoms with E-state index in [0.29, 0.717) is 0 Å². The van der Waals surface area contributed by atoms with Crippen LogP contribution in [0, 0.1) is 0 Å². The van der Waals surface area contributed by atoms with E-state index in [-0.39, 0.29) is 5.41 Å². The van der Waals surface area contributed by atoms with Gasteiger partial charge in [-0.2, -0.15) is 0 Å². The van der Waals surface area contributed by atoms with Gasteiger partial charge in [0.2, 0.25) is 0 Å². The predicted molar refractivity (Wildman–Crippen MR) is 284 cm³/mol. The number of benzene rings is 11. The highest BCUT2D eigenvalue weighted by Gasteiger charge is 2.46. The van der Waals surface area contributed by atoms with Crippen LogP contribution in [0.25, 0.3) is 55.3 Å². The number of nitrogens with zero attached hydrogens (tertiary/aromatic N) is 1. The summed E-state index contributed by atoms with van der Waals surface area (Å²) < 4.78 is 0. The van der Waals surface area contributed by atoms with Gasteiger partial charge in [0.1, 0.15) is 0 Å². The van der Waals surface area contributed by atoms with Gasteiger partial charge in [0.05, 0.1) is 11.1 Å². The van der Waals surface area contributed by atoms with Gasteiger partial charge >= 0.3 is 0 Å². The van der Waals surface area contributed by atoms with Gasteiger partial charge in [0.15, 0.2) is 0 Å². The van der Waals surface area contributed by atoms with Crippen LogP contribution in [-0.4, -0.2) is 0 Å². The van der Waals surface area contributed by atoms with E-state index >= 15 is 0 Å². The van der Waals surface area contributed by atoms with Gasteiger partial charge in [-0.1, -0.05) is 231 Å². The zero-order chi connectivity index (χ0) is 45.2. The molecule has 0 radical (unpaired) electrons. The molecule has 0 aliphatic heterocycles. The van der Waals surface area contributed by atoms with Gasteiger partial charge in [-0.25, -0.2) is 0 Å². The van der Waals surface area contributed by atoms with Crippen LogP contribution in [-0.2, 0) is 10.8 Å². The summed E-state index contributed by atoms with van der Waals surface area (Å²) in [5.41, 5.74) is 21.4. The molecule has 0 N–H and O–H groups in total. The Labute approximate surface area is 398 Å². The van der Waals surface area contributed by atoms with Gasteiger partial charge in [0, 0.05) is 22.4 Å². The Kier molecular flexibility index (Phi) is 9.27. The smallest absolute Gasteiger partial charge is 0.0713 e. The number of hydrogen-bond acceptors (Lipinski definition) is 1. The number of anilines is 3. The molecule has 320 valence electrons. The lowest BCUT2D eigenvalue weighted by atomic mass is 9.67. The number of hydrogen-bond donors (Lipinski definition) is 0. The lowest BCUT2D eigenvalue weighted by Gasteiger charge is -2.34. The molecule has 1 nitrogen and oxygen atoms in total. The van der Waals surface area contributed by atoms with Gasteiger partial charge in [0.25, 0.3) is 0 Å². The zero-order valence-electron chi connectivity index (χ0n) is 37.9. The van der Waals surface area contributed by atoms with Crippen molar-refractivity contribution < 1.29 is 0 Å². The SMILES string of the molecule is CC1(c2ccccc2)c2ccccc2-c2ccc(N(c3ccc(-c4cccc5ccccc45)cc3)c3ccccc3-c3ccc4c(c3)C(c3ccccc3)(c3ccccc3)c3ccccc3-4)cc21. The molecule has 11 aromatic carbocycles. The zero-order valence-corrected chi connectivity index (χ0v) is 37.9. The van der Waals surface area contributed by atoms with E-state index in [0.717, 1.165) is 22.6 Å². The Bertz CT molecular complexity index is 3640. The molecule has 68 heavy (non-hydrogen) atoms. The molecule has 13 rings (SSSR count). The standard InChI is InChI=1S/C67H47N/c1-66(49-22-5-2-6-23-49)61-33-16-13-30-57(61)59-43-41-53(45-63(59)66)68(52-39-36-47(37-40-52)55-32-19-21-46-20-11-12-28-54(46)55)65-35-18-15-29-56(65)48-38-42-60-58-31-14-17-34-62(58)67(64(60)44-48,50-24-7-3-8-25-50)51-26-9-4-10-27-51/h2-45H,1H3. The summed E-state index contributed by atoms with van der Waals surface area (Å²) in [6.45, 7) is 2.41. The van der Waals surface area contributed by atoms with Crippen LogP contribution in [0.4, 0.5) is 17.1 Å². The number of para-hydroxylation sites is 1. The van der Waals surface area contributed by atoms with E-state index in [1.807, 2.05) is 0 Å². The van der Waals surface area contributed by atoms with E-state index in [9.17, 15) is 0 Å². The van der Waals surface area contributed by atoms with E-state index < -0.39 is 5.41 Å². The Morgan fingerprint density at radius 1 is 0.294 bits per heavy atom. The van der Waals surface area contributed by atoms with Crippen LogP contribution >= 0.6 is 0 Å². The van der Waals surface area contributed by atoms with Crippen molar-refractivity contribution in [1.82, 2.24) is 0 Å². The Hall–Kier alpha value is -8.52. The highest BCUT2D eigenvalue weighted by Crippen LogP contribution is 2.58. The molecule has 0 heterocycles. The molecule has 0 fully saturated rings. The Morgan fingerprint density at radius 3 is 1.50 bits per heavy atom. The van der Waals surface area contributed by atoms with Gasteiger partial charge in [-0.3, -0.25) is 0 Å². The third kappa shape index (κ3) is 5.95. The molecular formula is C67H47N. The fourth-order valence-electron chi connectivity index (χ4n) is 11.9. The van der Waals surface area contributed by atoms with Crippen LogP contribution < -0.4 is 4.90 Å². The highest BCUT2D eigenvalue weighted by molar-refractivity contribution is 5.98. The molecule has 0 aromatic heterocycles. The first-order valence-corrected chi connectivity index (χ1v) is 23.8. The second kappa shape index (κ2) is 15.8. The molecular weight excluding hydrogens is 819 g/mol. The summed E-state index contributed by atoms with van der Waals surface area (Å²) in [7, 11) is 0. The average Bonchev–Trinajstić information content (AvgIpc) is 3.86. The minimum Gasteiger partial charge on any atom is -0.310 e. The largest absolute Gasteiger partial charge is 0.310 e. The normalized spacial score (nSPS) is 15.0. The van der Waals surface area contributed by atoms with Gasteiger partial charge in [-0.15, -0.1) is 0 Å². The van der Waals surface area contributed by atoms with E-state index in [4.69, 9.17) is 0 Å². The minimum absolute atomic E-state index is 0.347. The van der Waals surface area contributed by atoms with Crippen LogP contribution in [0.1, 0.15) is 45.9 Å². The van der Waals surface area contributed by atoms with Gasteiger partial charge < -0.3 is 4.90 Å². The summed E-state index contributed by atoms with van der Waals surface area (Å²) in [5, 5.41) is 2.50. The summed E-state index contributed by atoms with van der Waals surface area (Å²) in [6, 6.07) is 99.0. The molecule has 0 saturated heterocycles. The first-order chi connectivity index (χ1) is 33.6. The molecule has 0 amide bonds. The first-order valence-electron chi connectivity index (χ1n) is 23.8. The molecule has 1 atom stereocenters. The van der Waals surface area contributed by atoms with Crippen LogP contribution in [0.2, 0.25) is 0 Å². The van der Waals surface area contributed by atoms with Crippen molar-refractivity contribution in [2.45, 2.75) is 17.8 Å². The maximum absolute atomic E-state index is 2.49. The number of rotatable bonds is 8. The molecule has 1 unspecified atom stereocenters. The Morgan fingerprint density at radius 2 is 0.779 bits per heavy atom. The molecule has 2 aliphatic rings. The fourth-order valence-corrected chi connectivity index (χ4v) is 11.9. The molecule has 0 saturated carbocycles. The average molecular weight is 866 g/mol. The maximum Gasteiger partial charge on any atom is 0.0713 e. The van der Waals surface area contributed by atoms with E-state index in [2.05, 4.69) is 279 Å². The fraction of sp³-hybridized carbons (Fsp3) is 0.0448. The minimum atomic E-state index is -0.507. The van der Waals surface area contributed by atoms with Crippen LogP contribution in [0.5, 0.6) is 0 Å². The van der Waals surface area contributed by atoms with Crippen molar-refractivity contribution in [1.29, 1.82) is 0 Å². The highest BCUT2D eigenvalue weighted by atomic mass is 15.1. The van der Waals surface area contributed by atoms with Crippen molar-refractivity contribution >= 4 is 27.8 Å². The quantitative estimate of drug-likeness (QED) is 0.147. The molecule has 0 spiro atoms. The molecule has 0 bridgehead atoms.